The lowest BCUT2D eigenvalue weighted by atomic mass is 9.94. The van der Waals surface area contributed by atoms with Gasteiger partial charge in [0.25, 0.3) is 0 Å². The molecule has 4 N–H and O–H groups in total. The predicted octanol–water partition coefficient (Wildman–Crippen LogP) is 2.82. The van der Waals surface area contributed by atoms with E-state index in [4.69, 9.17) is 5.73 Å². The van der Waals surface area contributed by atoms with E-state index in [1.54, 1.807) is 0 Å². The molecule has 0 aromatic carbocycles. The van der Waals surface area contributed by atoms with E-state index in [9.17, 15) is 13.2 Å². The van der Waals surface area contributed by atoms with Crippen molar-refractivity contribution < 1.29 is 13.2 Å². The molecule has 2 heterocycles. The van der Waals surface area contributed by atoms with Gasteiger partial charge in [-0.3, -0.25) is 4.79 Å². The first-order valence-electron chi connectivity index (χ1n) is 10.8. The fraction of sp³-hybridized carbons (Fsp3) is 0.619. The van der Waals surface area contributed by atoms with Crippen molar-refractivity contribution >= 4 is 38.5 Å². The molecule has 0 saturated heterocycles. The lowest BCUT2D eigenvalue weighted by molar-refractivity contribution is -0.119. The number of nitrogens with two attached hydrogens (primary N) is 1. The number of carbonyl (C=O) groups excluding carboxylic acids is 1. The van der Waals surface area contributed by atoms with E-state index >= 15 is 0 Å². The largest absolute Gasteiger partial charge is 0.368 e. The summed E-state index contributed by atoms with van der Waals surface area (Å²) in [5.74, 6) is 0.345. The van der Waals surface area contributed by atoms with Crippen LogP contribution in [0.15, 0.2) is 17.2 Å². The van der Waals surface area contributed by atoms with E-state index in [1.165, 1.54) is 19.2 Å². The molecule has 3 rings (SSSR count). The zero-order chi connectivity index (χ0) is 22.6. The zero-order valence-corrected chi connectivity index (χ0v) is 19.3. The third kappa shape index (κ3) is 5.41. The van der Waals surface area contributed by atoms with Crippen molar-refractivity contribution in [1.29, 1.82) is 0 Å². The molecule has 1 saturated carbocycles. The molecule has 0 spiro atoms. The summed E-state index contributed by atoms with van der Waals surface area (Å²) in [5.41, 5.74) is 6.29. The van der Waals surface area contributed by atoms with E-state index in [-0.39, 0.29) is 22.0 Å². The van der Waals surface area contributed by atoms with Crippen LogP contribution in [-0.2, 0) is 14.6 Å². The molecule has 0 radical (unpaired) electrons. The molecule has 0 bridgehead atoms. The Labute approximate surface area is 183 Å². The molecule has 2 aromatic heterocycles. The van der Waals surface area contributed by atoms with Crippen LogP contribution >= 0.6 is 0 Å². The van der Waals surface area contributed by atoms with Crippen molar-refractivity contribution in [3.8, 4) is 0 Å². The van der Waals surface area contributed by atoms with E-state index in [1.807, 2.05) is 6.92 Å². The Morgan fingerprint density at radius 2 is 2.00 bits per heavy atom. The quantitative estimate of drug-likeness (QED) is 0.532. The van der Waals surface area contributed by atoms with Gasteiger partial charge in [0, 0.05) is 19.7 Å². The van der Waals surface area contributed by atoms with Gasteiger partial charge >= 0.3 is 0 Å². The molecule has 0 unspecified atom stereocenters. The van der Waals surface area contributed by atoms with Crippen molar-refractivity contribution in [3.05, 3.63) is 12.3 Å². The summed E-state index contributed by atoms with van der Waals surface area (Å²) in [7, 11) is -3.45. The lowest BCUT2D eigenvalue weighted by Crippen LogP contribution is -2.46. The normalized spacial score (nSPS) is 16.9. The number of unbranched alkanes of at least 4 members (excludes halogenated alkanes) is 1. The molecular formula is C21H32N6O3S. The van der Waals surface area contributed by atoms with Gasteiger partial charge in [-0.05, 0) is 32.3 Å². The number of fused-ring (bicyclic) bond motifs is 1. The molecule has 0 aliphatic heterocycles. The molecule has 9 nitrogen and oxygen atoms in total. The van der Waals surface area contributed by atoms with E-state index in [0.717, 1.165) is 32.1 Å². The summed E-state index contributed by atoms with van der Waals surface area (Å²) in [6.07, 6.45) is 7.36. The lowest BCUT2D eigenvalue weighted by Gasteiger charge is -2.32. The van der Waals surface area contributed by atoms with Gasteiger partial charge in [-0.1, -0.05) is 32.6 Å². The topological polar surface area (TPSA) is 140 Å². The van der Waals surface area contributed by atoms with Crippen LogP contribution in [0.1, 0.15) is 65.7 Å². The molecule has 1 fully saturated rings. The Balaban J connectivity index is 1.97. The fourth-order valence-electron chi connectivity index (χ4n) is 4.02. The third-order valence-electron chi connectivity index (χ3n) is 5.83. The maximum atomic E-state index is 13.0. The maximum absolute atomic E-state index is 13.0. The number of rotatable bonds is 9. The van der Waals surface area contributed by atoms with Crippen LogP contribution in [0, 0.1) is 0 Å². The second-order valence-corrected chi connectivity index (χ2v) is 10.8. The van der Waals surface area contributed by atoms with Crippen molar-refractivity contribution in [3.63, 3.8) is 0 Å². The van der Waals surface area contributed by atoms with Crippen LogP contribution in [0.25, 0.3) is 11.0 Å². The van der Waals surface area contributed by atoms with Crippen molar-refractivity contribution in [1.82, 2.24) is 20.3 Å². The Bertz CT molecular complexity index is 1050. The summed E-state index contributed by atoms with van der Waals surface area (Å²) in [6, 6.07) is 1.54. The van der Waals surface area contributed by atoms with Gasteiger partial charge in [0.1, 0.15) is 5.52 Å². The fourth-order valence-corrected chi connectivity index (χ4v) is 5.83. The van der Waals surface area contributed by atoms with Crippen LogP contribution in [0.3, 0.4) is 0 Å². The molecule has 1 aliphatic rings. The molecular weight excluding hydrogens is 416 g/mol. The number of hydrogen-bond acceptors (Lipinski definition) is 8. The molecule has 2 aromatic rings. The van der Waals surface area contributed by atoms with Crippen molar-refractivity contribution in [2.75, 3.05) is 17.6 Å². The van der Waals surface area contributed by atoms with Crippen LogP contribution in [0.2, 0.25) is 0 Å². The first-order chi connectivity index (χ1) is 14.6. The second-order valence-electron chi connectivity index (χ2n) is 8.62. The standard InChI is InChI=1S/C21H32N6O3S/c1-4-5-10-21(3,13-24-14(2)28)27-19-18-17(25-20(22)26-19)11-16(12-23-18)31(29,30)15-8-6-7-9-15/h11-12,15H,4-10,13H2,1-3H3,(H,24,28)(H3,22,25,26,27)/t21-/m1/s1. The van der Waals surface area contributed by atoms with Gasteiger partial charge in [-0.15, -0.1) is 0 Å². The second kappa shape index (κ2) is 9.33. The Hall–Kier alpha value is -2.49. The monoisotopic (exact) mass is 448 g/mol. The predicted molar refractivity (Wildman–Crippen MR) is 121 cm³/mol. The van der Waals surface area contributed by atoms with Crippen molar-refractivity contribution in [2.24, 2.45) is 0 Å². The highest BCUT2D eigenvalue weighted by atomic mass is 32.2. The van der Waals surface area contributed by atoms with Crippen LogP contribution < -0.4 is 16.4 Å². The summed E-state index contributed by atoms with van der Waals surface area (Å²) in [4.78, 5) is 24.6. The van der Waals surface area contributed by atoms with Crippen LogP contribution in [-0.4, -0.2) is 46.6 Å². The molecule has 1 atom stereocenters. The molecule has 1 amide bonds. The minimum atomic E-state index is -3.45. The summed E-state index contributed by atoms with van der Waals surface area (Å²) in [6.45, 7) is 5.99. The SMILES string of the molecule is CCCC[C@](C)(CNC(C)=O)Nc1nc(N)nc2cc(S(=O)(=O)C3CCCC3)cnc12. The highest BCUT2D eigenvalue weighted by Gasteiger charge is 2.31. The summed E-state index contributed by atoms with van der Waals surface area (Å²) in [5, 5.41) is 5.88. The molecule has 10 heteroatoms. The number of pyridine rings is 1. The van der Waals surface area contributed by atoms with E-state index in [0.29, 0.717) is 36.2 Å². The molecule has 31 heavy (non-hydrogen) atoms. The number of sulfone groups is 1. The highest BCUT2D eigenvalue weighted by Crippen LogP contribution is 2.31. The zero-order valence-electron chi connectivity index (χ0n) is 18.4. The van der Waals surface area contributed by atoms with Gasteiger partial charge in [0.15, 0.2) is 15.7 Å². The Kier molecular flexibility index (Phi) is 6.98. The highest BCUT2D eigenvalue weighted by molar-refractivity contribution is 7.92. The third-order valence-corrected chi connectivity index (χ3v) is 8.06. The van der Waals surface area contributed by atoms with Gasteiger partial charge in [-0.2, -0.15) is 4.98 Å². The number of amides is 1. The number of carbonyl (C=O) groups is 1. The molecule has 170 valence electrons. The van der Waals surface area contributed by atoms with Gasteiger partial charge in [0.2, 0.25) is 11.9 Å². The summed E-state index contributed by atoms with van der Waals surface area (Å²) < 4.78 is 25.9. The maximum Gasteiger partial charge on any atom is 0.222 e. The van der Waals surface area contributed by atoms with Crippen LogP contribution in [0.4, 0.5) is 11.8 Å². The number of nitrogens with zero attached hydrogens (tertiary/aromatic N) is 3. The average molecular weight is 449 g/mol. The van der Waals surface area contributed by atoms with Gasteiger partial charge < -0.3 is 16.4 Å². The first kappa shape index (κ1) is 23.2. The van der Waals surface area contributed by atoms with Gasteiger partial charge in [0.05, 0.1) is 21.2 Å². The van der Waals surface area contributed by atoms with Crippen LogP contribution in [0.5, 0.6) is 0 Å². The van der Waals surface area contributed by atoms with Gasteiger partial charge in [-0.25, -0.2) is 18.4 Å². The number of nitrogen functional groups attached to an aromatic ring is 1. The summed E-state index contributed by atoms with van der Waals surface area (Å²) >= 11 is 0. The average Bonchev–Trinajstić information content (AvgIpc) is 3.26. The van der Waals surface area contributed by atoms with Crippen molar-refractivity contribution in [2.45, 2.75) is 81.4 Å². The smallest absolute Gasteiger partial charge is 0.222 e. The van der Waals surface area contributed by atoms with E-state index in [2.05, 4.69) is 32.5 Å². The number of aromatic nitrogens is 3. The minimum Gasteiger partial charge on any atom is -0.368 e. The molecule has 1 aliphatic carbocycles. The number of nitrogens with one attached hydrogen (secondary N) is 2. The minimum absolute atomic E-state index is 0.0320. The Morgan fingerprint density at radius 1 is 1.29 bits per heavy atom. The van der Waals surface area contributed by atoms with E-state index < -0.39 is 15.4 Å². The Morgan fingerprint density at radius 3 is 2.65 bits per heavy atom. The number of anilines is 2. The number of hydrogen-bond donors (Lipinski definition) is 3. The first-order valence-corrected chi connectivity index (χ1v) is 12.4.